The molecule has 0 aliphatic heterocycles. The van der Waals surface area contributed by atoms with Gasteiger partial charge in [-0.2, -0.15) is 0 Å². The maximum Gasteiger partial charge on any atom is 0.331 e. The molecule has 0 radical (unpaired) electrons. The van der Waals surface area contributed by atoms with Crippen LogP contribution >= 0.6 is 11.6 Å². The number of nitrogens with zero attached hydrogens (tertiary/aromatic N) is 2. The van der Waals surface area contributed by atoms with Crippen molar-refractivity contribution in [2.45, 2.75) is 6.54 Å². The third-order valence-electron chi connectivity index (χ3n) is 2.67. The quantitative estimate of drug-likeness (QED) is 0.911. The number of nitrogens with one attached hydrogen (secondary N) is 1. The van der Waals surface area contributed by atoms with Gasteiger partial charge in [-0.3, -0.25) is 14.2 Å². The number of carbonyl (C=O) groups excluding carboxylic acids is 1. The van der Waals surface area contributed by atoms with E-state index in [1.54, 1.807) is 24.3 Å². The Bertz CT molecular complexity index is 747. The number of aryl methyl sites for hydroxylation is 1. The zero-order valence-corrected chi connectivity index (χ0v) is 11.4. The molecule has 0 atom stereocenters. The minimum Gasteiger partial charge on any atom is -0.325 e. The molecule has 0 fully saturated rings. The second kappa shape index (κ2) is 5.75. The van der Waals surface area contributed by atoms with Gasteiger partial charge in [-0.1, -0.05) is 11.6 Å². The Morgan fingerprint density at radius 2 is 1.85 bits per heavy atom. The van der Waals surface area contributed by atoms with Crippen molar-refractivity contribution in [2.75, 3.05) is 5.32 Å². The molecule has 1 heterocycles. The number of hydrogen-bond acceptors (Lipinski definition) is 3. The highest BCUT2D eigenvalue weighted by atomic mass is 35.5. The van der Waals surface area contributed by atoms with Gasteiger partial charge < -0.3 is 9.88 Å². The third-order valence-corrected chi connectivity index (χ3v) is 2.92. The number of halogens is 1. The molecule has 2 aromatic rings. The molecule has 1 N–H and O–H groups in total. The molecule has 20 heavy (non-hydrogen) atoms. The van der Waals surface area contributed by atoms with Crippen molar-refractivity contribution >= 4 is 23.2 Å². The molecule has 0 aliphatic rings. The molecule has 0 spiro atoms. The van der Waals surface area contributed by atoms with Crippen molar-refractivity contribution in [3.63, 3.8) is 0 Å². The molecule has 0 saturated carbocycles. The van der Waals surface area contributed by atoms with Crippen LogP contribution < -0.4 is 16.6 Å². The molecule has 2 rings (SSSR count). The number of hydrogen-bond donors (Lipinski definition) is 1. The van der Waals surface area contributed by atoms with Crippen LogP contribution in [0.5, 0.6) is 0 Å². The molecule has 0 bridgehead atoms. The van der Waals surface area contributed by atoms with Gasteiger partial charge in [0.25, 0.3) is 5.56 Å². The Morgan fingerprint density at radius 1 is 1.20 bits per heavy atom. The highest BCUT2D eigenvalue weighted by Crippen LogP contribution is 2.13. The molecule has 1 aromatic heterocycles. The van der Waals surface area contributed by atoms with E-state index in [4.69, 9.17) is 11.6 Å². The normalized spacial score (nSPS) is 10.3. The molecule has 0 saturated heterocycles. The summed E-state index contributed by atoms with van der Waals surface area (Å²) < 4.78 is 2.10. The van der Waals surface area contributed by atoms with Gasteiger partial charge in [0.05, 0.1) is 0 Å². The van der Waals surface area contributed by atoms with Gasteiger partial charge in [-0.25, -0.2) is 4.79 Å². The van der Waals surface area contributed by atoms with Gasteiger partial charge in [-0.15, -0.1) is 0 Å². The number of carbonyl (C=O) groups is 1. The van der Waals surface area contributed by atoms with Crippen LogP contribution in [0.2, 0.25) is 5.02 Å². The lowest BCUT2D eigenvalue weighted by atomic mass is 10.3. The molecule has 6 nitrogen and oxygen atoms in total. The second-order valence-electron chi connectivity index (χ2n) is 4.19. The first-order chi connectivity index (χ1) is 9.47. The summed E-state index contributed by atoms with van der Waals surface area (Å²) in [6.07, 6.45) is 1.36. The van der Waals surface area contributed by atoms with Gasteiger partial charge in [0.2, 0.25) is 5.91 Å². The van der Waals surface area contributed by atoms with Crippen LogP contribution in [0.15, 0.2) is 46.1 Å². The Kier molecular flexibility index (Phi) is 4.05. The summed E-state index contributed by atoms with van der Waals surface area (Å²) in [6.45, 7) is -0.338. The summed E-state index contributed by atoms with van der Waals surface area (Å²) in [6, 6.07) is 7.75. The van der Waals surface area contributed by atoms with Gasteiger partial charge in [0, 0.05) is 30.0 Å². The molecular formula is C13H12ClN3O3. The Hall–Kier alpha value is -2.34. The van der Waals surface area contributed by atoms with E-state index in [-0.39, 0.29) is 6.54 Å². The molecule has 104 valence electrons. The van der Waals surface area contributed by atoms with Crippen LogP contribution in [0, 0.1) is 0 Å². The summed E-state index contributed by atoms with van der Waals surface area (Å²) in [5.74, 6) is -0.460. The number of amides is 1. The largest absolute Gasteiger partial charge is 0.331 e. The van der Waals surface area contributed by atoms with E-state index >= 15 is 0 Å². The SMILES string of the molecule is Cn1ccc(=O)n(CC(=O)Nc2ccc(Cl)cc2)c1=O. The first-order valence-electron chi connectivity index (χ1n) is 5.79. The minimum absolute atomic E-state index is 0.338. The van der Waals surface area contributed by atoms with Crippen molar-refractivity contribution in [3.05, 3.63) is 62.4 Å². The molecule has 1 amide bonds. The molecular weight excluding hydrogens is 282 g/mol. The van der Waals surface area contributed by atoms with Gasteiger partial charge in [0.1, 0.15) is 6.54 Å². The predicted octanol–water partition coefficient (Wildman–Crippen LogP) is 0.839. The zero-order valence-electron chi connectivity index (χ0n) is 10.7. The van der Waals surface area contributed by atoms with Crippen LogP contribution in [-0.2, 0) is 18.4 Å². The van der Waals surface area contributed by atoms with E-state index in [2.05, 4.69) is 5.32 Å². The van der Waals surface area contributed by atoms with E-state index in [1.165, 1.54) is 23.9 Å². The highest BCUT2D eigenvalue weighted by molar-refractivity contribution is 6.30. The smallest absolute Gasteiger partial charge is 0.325 e. The summed E-state index contributed by atoms with van der Waals surface area (Å²) in [7, 11) is 1.51. The average molecular weight is 294 g/mol. The van der Waals surface area contributed by atoms with Crippen molar-refractivity contribution in [1.82, 2.24) is 9.13 Å². The highest BCUT2D eigenvalue weighted by Gasteiger charge is 2.08. The molecule has 1 aromatic carbocycles. The lowest BCUT2D eigenvalue weighted by Gasteiger charge is -2.07. The molecule has 7 heteroatoms. The first-order valence-corrected chi connectivity index (χ1v) is 6.17. The van der Waals surface area contributed by atoms with E-state index in [0.717, 1.165) is 4.57 Å². The number of anilines is 1. The van der Waals surface area contributed by atoms with Crippen molar-refractivity contribution in [3.8, 4) is 0 Å². The van der Waals surface area contributed by atoms with Gasteiger partial charge in [0.15, 0.2) is 0 Å². The summed E-state index contributed by atoms with van der Waals surface area (Å²) in [5, 5.41) is 3.14. The predicted molar refractivity (Wildman–Crippen MR) is 76.0 cm³/mol. The maximum absolute atomic E-state index is 11.8. The second-order valence-corrected chi connectivity index (χ2v) is 4.63. The first kappa shape index (κ1) is 14.1. The summed E-state index contributed by atoms with van der Waals surface area (Å²) in [4.78, 5) is 35.2. The fraction of sp³-hybridized carbons (Fsp3) is 0.154. The zero-order chi connectivity index (χ0) is 14.7. The lowest BCUT2D eigenvalue weighted by Crippen LogP contribution is -2.40. The van der Waals surface area contributed by atoms with Crippen LogP contribution in [-0.4, -0.2) is 15.0 Å². The van der Waals surface area contributed by atoms with Gasteiger partial charge in [-0.05, 0) is 24.3 Å². The Labute approximate surface area is 119 Å². The van der Waals surface area contributed by atoms with Crippen LogP contribution in [0.25, 0.3) is 0 Å². The van der Waals surface area contributed by atoms with Crippen molar-refractivity contribution in [2.24, 2.45) is 7.05 Å². The number of aromatic nitrogens is 2. The van der Waals surface area contributed by atoms with Crippen LogP contribution in [0.3, 0.4) is 0 Å². The lowest BCUT2D eigenvalue weighted by molar-refractivity contribution is -0.116. The monoisotopic (exact) mass is 293 g/mol. The van der Waals surface area contributed by atoms with Gasteiger partial charge >= 0.3 is 5.69 Å². The van der Waals surface area contributed by atoms with E-state index in [9.17, 15) is 14.4 Å². The molecule has 0 aliphatic carbocycles. The van der Waals surface area contributed by atoms with Crippen molar-refractivity contribution in [1.29, 1.82) is 0 Å². The standard InChI is InChI=1S/C13H12ClN3O3/c1-16-7-6-12(19)17(13(16)20)8-11(18)15-10-4-2-9(14)3-5-10/h2-7H,8H2,1H3,(H,15,18). The van der Waals surface area contributed by atoms with Crippen LogP contribution in [0.1, 0.15) is 0 Å². The fourth-order valence-corrected chi connectivity index (χ4v) is 1.76. The number of rotatable bonds is 3. The topological polar surface area (TPSA) is 73.1 Å². The fourth-order valence-electron chi connectivity index (χ4n) is 1.64. The number of benzene rings is 1. The maximum atomic E-state index is 11.8. The minimum atomic E-state index is -0.538. The van der Waals surface area contributed by atoms with E-state index in [0.29, 0.717) is 10.7 Å². The molecule has 0 unspecified atom stereocenters. The Balaban J connectivity index is 2.17. The summed E-state index contributed by atoms with van der Waals surface area (Å²) in [5.41, 5.74) is -0.511. The third kappa shape index (κ3) is 3.16. The van der Waals surface area contributed by atoms with Crippen LogP contribution in [0.4, 0.5) is 5.69 Å². The average Bonchev–Trinajstić information content (AvgIpc) is 2.42. The van der Waals surface area contributed by atoms with E-state index in [1.807, 2.05) is 0 Å². The van der Waals surface area contributed by atoms with Crippen molar-refractivity contribution < 1.29 is 4.79 Å². The Morgan fingerprint density at radius 3 is 2.50 bits per heavy atom. The summed E-state index contributed by atoms with van der Waals surface area (Å²) >= 11 is 5.73. The van der Waals surface area contributed by atoms with E-state index < -0.39 is 17.2 Å².